The molecule has 0 aliphatic carbocycles. The molecule has 0 radical (unpaired) electrons. The lowest BCUT2D eigenvalue weighted by atomic mass is 10.1. The van der Waals surface area contributed by atoms with Crippen LogP contribution in [-0.2, 0) is 24.0 Å². The second kappa shape index (κ2) is 12.5. The van der Waals surface area contributed by atoms with Crippen LogP contribution in [0.3, 0.4) is 0 Å². The van der Waals surface area contributed by atoms with Crippen molar-refractivity contribution in [2.75, 3.05) is 18.6 Å². The molecule has 1 heterocycles. The summed E-state index contributed by atoms with van der Waals surface area (Å²) >= 11 is 1.53. The number of aliphatic hydroxyl groups excluding tert-OH is 1. The van der Waals surface area contributed by atoms with E-state index in [0.717, 1.165) is 6.92 Å². The molecule has 1 saturated heterocycles. The Kier molecular flexibility index (Phi) is 10.7. The van der Waals surface area contributed by atoms with Crippen molar-refractivity contribution in [3.05, 3.63) is 0 Å². The summed E-state index contributed by atoms with van der Waals surface area (Å²) in [5.74, 6) is -4.44. The van der Waals surface area contributed by atoms with Crippen LogP contribution in [0.25, 0.3) is 0 Å². The van der Waals surface area contributed by atoms with Gasteiger partial charge in [-0.25, -0.2) is 4.79 Å². The van der Waals surface area contributed by atoms with Crippen LogP contribution < -0.4 is 16.4 Å². The highest BCUT2D eigenvalue weighted by molar-refractivity contribution is 7.98. The molecule has 0 bridgehead atoms. The molecule has 7 N–H and O–H groups in total. The van der Waals surface area contributed by atoms with Crippen LogP contribution in [0.1, 0.15) is 32.6 Å². The molecule has 31 heavy (non-hydrogen) atoms. The Hall–Kier alpha value is -2.38. The number of amides is 3. The summed E-state index contributed by atoms with van der Waals surface area (Å²) in [6, 6.07) is -4.96. The summed E-state index contributed by atoms with van der Waals surface area (Å²) in [7, 11) is 0. The zero-order valence-electron chi connectivity index (χ0n) is 17.4. The van der Waals surface area contributed by atoms with Gasteiger partial charge >= 0.3 is 11.9 Å². The van der Waals surface area contributed by atoms with E-state index < -0.39 is 66.4 Å². The number of rotatable bonds is 12. The van der Waals surface area contributed by atoms with Crippen LogP contribution in [0.15, 0.2) is 0 Å². The van der Waals surface area contributed by atoms with Crippen molar-refractivity contribution in [3.8, 4) is 0 Å². The van der Waals surface area contributed by atoms with Crippen molar-refractivity contribution >= 4 is 41.4 Å². The van der Waals surface area contributed by atoms with Gasteiger partial charge in [0.25, 0.3) is 0 Å². The van der Waals surface area contributed by atoms with Gasteiger partial charge < -0.3 is 36.6 Å². The molecule has 0 aromatic carbocycles. The number of carbonyl (C=O) groups is 5. The number of hydrogen-bond donors (Lipinski definition) is 6. The van der Waals surface area contributed by atoms with Gasteiger partial charge in [-0.05, 0) is 38.2 Å². The largest absolute Gasteiger partial charge is 0.481 e. The number of carbonyl (C=O) groups excluding carboxylic acids is 3. The van der Waals surface area contributed by atoms with E-state index in [1.165, 1.54) is 16.7 Å². The van der Waals surface area contributed by atoms with Crippen LogP contribution in [0.4, 0.5) is 0 Å². The van der Waals surface area contributed by atoms with E-state index in [1.54, 1.807) is 0 Å². The van der Waals surface area contributed by atoms with Gasteiger partial charge in [-0.2, -0.15) is 11.8 Å². The minimum Gasteiger partial charge on any atom is -0.481 e. The Bertz CT molecular complexity index is 689. The Labute approximate surface area is 183 Å². The van der Waals surface area contributed by atoms with Crippen LogP contribution >= 0.6 is 11.8 Å². The number of nitrogens with zero attached hydrogens (tertiary/aromatic N) is 1. The number of thioether (sulfide) groups is 1. The maximum absolute atomic E-state index is 12.8. The molecule has 3 amide bonds. The van der Waals surface area contributed by atoms with Gasteiger partial charge in [0, 0.05) is 6.54 Å². The predicted octanol–water partition coefficient (Wildman–Crippen LogP) is -2.03. The minimum atomic E-state index is -1.68. The van der Waals surface area contributed by atoms with Gasteiger partial charge in [-0.1, -0.05) is 0 Å². The Morgan fingerprint density at radius 3 is 2.35 bits per heavy atom. The third-order valence-electron chi connectivity index (χ3n) is 4.85. The van der Waals surface area contributed by atoms with Crippen LogP contribution in [0.5, 0.6) is 0 Å². The first-order valence-electron chi connectivity index (χ1n) is 9.78. The van der Waals surface area contributed by atoms with Gasteiger partial charge in [0.1, 0.15) is 12.1 Å². The molecule has 13 heteroatoms. The van der Waals surface area contributed by atoms with Crippen molar-refractivity contribution in [2.45, 2.75) is 62.9 Å². The molecule has 1 aliphatic rings. The molecule has 5 unspecified atom stereocenters. The van der Waals surface area contributed by atoms with E-state index in [9.17, 15) is 29.1 Å². The van der Waals surface area contributed by atoms with E-state index in [2.05, 4.69) is 5.32 Å². The lowest BCUT2D eigenvalue weighted by Gasteiger charge is -2.28. The number of likely N-dealkylation sites (tertiary alicyclic amines) is 1. The molecule has 0 aromatic heterocycles. The number of hydrogen-bond acceptors (Lipinski definition) is 8. The number of nitrogens with two attached hydrogens (primary N) is 1. The molecular weight excluding hydrogens is 432 g/mol. The van der Waals surface area contributed by atoms with E-state index in [1.807, 2.05) is 11.6 Å². The van der Waals surface area contributed by atoms with Crippen LogP contribution in [-0.4, -0.2) is 98.7 Å². The number of nitrogens with one attached hydrogen (secondary N) is 2. The summed E-state index contributed by atoms with van der Waals surface area (Å²) in [6.45, 7) is 1.45. The third kappa shape index (κ3) is 7.99. The summed E-state index contributed by atoms with van der Waals surface area (Å²) in [6.07, 6.45) is 0.914. The molecule has 1 rings (SSSR count). The van der Waals surface area contributed by atoms with Gasteiger partial charge in [-0.3, -0.25) is 19.2 Å². The van der Waals surface area contributed by atoms with E-state index >= 15 is 0 Å². The molecule has 0 spiro atoms. The quantitative estimate of drug-likeness (QED) is 0.188. The topological polar surface area (TPSA) is 199 Å². The highest BCUT2D eigenvalue weighted by Crippen LogP contribution is 2.19. The second-order valence-electron chi connectivity index (χ2n) is 7.30. The third-order valence-corrected chi connectivity index (χ3v) is 5.49. The summed E-state index contributed by atoms with van der Waals surface area (Å²) in [5.41, 5.74) is 5.91. The van der Waals surface area contributed by atoms with Crippen LogP contribution in [0.2, 0.25) is 0 Å². The molecular formula is C18H30N4O8S. The lowest BCUT2D eigenvalue weighted by molar-refractivity contribution is -0.146. The molecule has 0 saturated carbocycles. The number of aliphatic carboxylic acids is 2. The minimum absolute atomic E-state index is 0.308. The fourth-order valence-electron chi connectivity index (χ4n) is 3.18. The van der Waals surface area contributed by atoms with E-state index in [0.29, 0.717) is 31.6 Å². The highest BCUT2D eigenvalue weighted by Gasteiger charge is 2.38. The monoisotopic (exact) mass is 462 g/mol. The summed E-state index contributed by atoms with van der Waals surface area (Å²) in [5, 5.41) is 32.0. The Morgan fingerprint density at radius 1 is 1.19 bits per heavy atom. The van der Waals surface area contributed by atoms with Gasteiger partial charge in [0.2, 0.25) is 17.7 Å². The fraction of sp³-hybridized carbons (Fsp3) is 0.722. The normalized spacial score (nSPS) is 19.7. The van der Waals surface area contributed by atoms with Gasteiger partial charge in [0.15, 0.2) is 6.04 Å². The Balaban J connectivity index is 2.90. The average Bonchev–Trinajstić information content (AvgIpc) is 3.17. The lowest BCUT2D eigenvalue weighted by Crippen LogP contribution is -2.58. The van der Waals surface area contributed by atoms with E-state index in [-0.39, 0.29) is 0 Å². The van der Waals surface area contributed by atoms with Crippen LogP contribution in [0, 0.1) is 0 Å². The molecule has 176 valence electrons. The molecule has 5 atom stereocenters. The molecule has 12 nitrogen and oxygen atoms in total. The van der Waals surface area contributed by atoms with Gasteiger partial charge in [0.05, 0.1) is 18.6 Å². The fourth-order valence-corrected chi connectivity index (χ4v) is 3.67. The second-order valence-corrected chi connectivity index (χ2v) is 8.29. The van der Waals surface area contributed by atoms with Crippen molar-refractivity contribution < 1.29 is 39.3 Å². The Morgan fingerprint density at radius 2 is 1.84 bits per heavy atom. The highest BCUT2D eigenvalue weighted by atomic mass is 32.2. The maximum Gasteiger partial charge on any atom is 0.328 e. The van der Waals surface area contributed by atoms with E-state index in [4.69, 9.17) is 15.9 Å². The number of carboxylic acids is 2. The molecule has 1 aliphatic heterocycles. The predicted molar refractivity (Wildman–Crippen MR) is 111 cm³/mol. The zero-order valence-corrected chi connectivity index (χ0v) is 18.3. The van der Waals surface area contributed by atoms with Crippen molar-refractivity contribution in [1.29, 1.82) is 0 Å². The number of carboxylic acid groups (broad SMARTS) is 2. The van der Waals surface area contributed by atoms with Crippen molar-refractivity contribution in [2.24, 2.45) is 5.73 Å². The number of aliphatic hydroxyl groups is 1. The van der Waals surface area contributed by atoms with Gasteiger partial charge in [-0.15, -0.1) is 0 Å². The zero-order chi connectivity index (χ0) is 23.7. The smallest absolute Gasteiger partial charge is 0.328 e. The standard InChI is InChI=1S/C18H30N4O8S/c1-9(23)14(18(29)30)21-15(26)11(8-13(24)25)20-16(27)12-4-3-6-22(12)17(28)10(19)5-7-31-2/h9-12,14,23H,3-8,19H2,1-2H3,(H,20,27)(H,21,26)(H,24,25)(H,29,30). The first kappa shape index (κ1) is 26.7. The molecule has 0 aromatic rings. The summed E-state index contributed by atoms with van der Waals surface area (Å²) in [4.78, 5) is 61.4. The SMILES string of the molecule is CSCCC(N)C(=O)N1CCCC1C(=O)NC(CC(=O)O)C(=O)NC(C(=O)O)C(C)O. The summed E-state index contributed by atoms with van der Waals surface area (Å²) < 4.78 is 0. The molecule has 1 fully saturated rings. The average molecular weight is 463 g/mol. The first-order valence-corrected chi connectivity index (χ1v) is 11.2. The first-order chi connectivity index (χ1) is 14.5. The maximum atomic E-state index is 12.8. The van der Waals surface area contributed by atoms with Crippen molar-refractivity contribution in [3.63, 3.8) is 0 Å². The van der Waals surface area contributed by atoms with Crippen molar-refractivity contribution in [1.82, 2.24) is 15.5 Å².